The Labute approximate surface area is 156 Å². The minimum Gasteiger partial charge on any atom is -0.383 e. The van der Waals surface area contributed by atoms with Gasteiger partial charge in [-0.1, -0.05) is 36.9 Å². The third kappa shape index (κ3) is 2.72. The Kier molecular flexibility index (Phi) is 4.34. The summed E-state index contributed by atoms with van der Waals surface area (Å²) in [5.41, 5.74) is 13.1. The third-order valence-corrected chi connectivity index (χ3v) is 5.42. The number of nitrogens with two attached hydrogens (primary N) is 1. The van der Waals surface area contributed by atoms with Gasteiger partial charge in [0.1, 0.15) is 5.82 Å². The van der Waals surface area contributed by atoms with Gasteiger partial charge < -0.3 is 5.73 Å². The lowest BCUT2D eigenvalue weighted by Crippen LogP contribution is -2.06. The van der Waals surface area contributed by atoms with Gasteiger partial charge in [-0.05, 0) is 18.6 Å². The van der Waals surface area contributed by atoms with E-state index in [1.165, 1.54) is 0 Å². The molecule has 3 aromatic heterocycles. The molecule has 0 spiro atoms. The van der Waals surface area contributed by atoms with Crippen LogP contribution >= 0.6 is 11.8 Å². The summed E-state index contributed by atoms with van der Waals surface area (Å²) in [5, 5.41) is 4.44. The first-order valence-electron chi connectivity index (χ1n) is 8.38. The van der Waals surface area contributed by atoms with E-state index in [0.29, 0.717) is 5.82 Å². The Hall–Kier alpha value is -2.86. The predicted octanol–water partition coefficient (Wildman–Crippen LogP) is 4.27. The van der Waals surface area contributed by atoms with Crippen molar-refractivity contribution in [2.24, 2.45) is 0 Å². The minimum atomic E-state index is 0.691. The van der Waals surface area contributed by atoms with E-state index in [4.69, 9.17) is 10.7 Å². The SMILES string of the molecule is C=C/C=C\C(=C/C)c1ccc(-c2cnn3c(N)c4c(nc23)CSC4)cn1. The molecule has 0 unspecified atom stereocenters. The van der Waals surface area contributed by atoms with E-state index in [9.17, 15) is 0 Å². The quantitative estimate of drug-likeness (QED) is 0.703. The van der Waals surface area contributed by atoms with Gasteiger partial charge in [0.25, 0.3) is 0 Å². The van der Waals surface area contributed by atoms with Gasteiger partial charge >= 0.3 is 0 Å². The maximum Gasteiger partial charge on any atom is 0.165 e. The molecule has 0 amide bonds. The number of rotatable bonds is 4. The molecule has 0 bridgehead atoms. The molecule has 0 atom stereocenters. The van der Waals surface area contributed by atoms with Gasteiger partial charge in [0, 0.05) is 34.4 Å². The zero-order valence-electron chi connectivity index (χ0n) is 14.5. The van der Waals surface area contributed by atoms with E-state index >= 15 is 0 Å². The number of nitrogen functional groups attached to an aromatic ring is 1. The predicted molar refractivity (Wildman–Crippen MR) is 109 cm³/mol. The Balaban J connectivity index is 1.76. The second kappa shape index (κ2) is 6.80. The van der Waals surface area contributed by atoms with Crippen LogP contribution in [0.15, 0.2) is 55.4 Å². The van der Waals surface area contributed by atoms with Crippen molar-refractivity contribution in [1.82, 2.24) is 19.6 Å². The van der Waals surface area contributed by atoms with Crippen LogP contribution in [-0.4, -0.2) is 19.6 Å². The molecule has 4 rings (SSSR count). The Morgan fingerprint density at radius 2 is 2.19 bits per heavy atom. The van der Waals surface area contributed by atoms with Crippen molar-refractivity contribution in [3.63, 3.8) is 0 Å². The average molecular weight is 361 g/mol. The summed E-state index contributed by atoms with van der Waals surface area (Å²) in [6.45, 7) is 5.70. The van der Waals surface area contributed by atoms with Crippen molar-refractivity contribution in [3.05, 3.63) is 72.4 Å². The number of anilines is 1. The van der Waals surface area contributed by atoms with Gasteiger partial charge in [-0.15, -0.1) is 0 Å². The molecular formula is C20H19N5S. The first kappa shape index (κ1) is 16.6. The number of allylic oxidation sites excluding steroid dienone is 5. The average Bonchev–Trinajstić information content (AvgIpc) is 3.30. The maximum atomic E-state index is 6.30. The van der Waals surface area contributed by atoms with E-state index in [1.807, 2.05) is 61.4 Å². The van der Waals surface area contributed by atoms with Crippen molar-refractivity contribution >= 4 is 28.8 Å². The van der Waals surface area contributed by atoms with Crippen LogP contribution < -0.4 is 5.73 Å². The summed E-state index contributed by atoms with van der Waals surface area (Å²) < 4.78 is 1.73. The smallest absolute Gasteiger partial charge is 0.165 e. The summed E-state index contributed by atoms with van der Waals surface area (Å²) in [5.74, 6) is 2.49. The van der Waals surface area contributed by atoms with Gasteiger partial charge in [-0.2, -0.15) is 21.4 Å². The van der Waals surface area contributed by atoms with E-state index < -0.39 is 0 Å². The van der Waals surface area contributed by atoms with Crippen molar-refractivity contribution in [2.75, 3.05) is 5.73 Å². The highest BCUT2D eigenvalue weighted by atomic mass is 32.2. The molecule has 0 fully saturated rings. The number of thioether (sulfide) groups is 1. The molecule has 26 heavy (non-hydrogen) atoms. The zero-order chi connectivity index (χ0) is 18.1. The Morgan fingerprint density at radius 1 is 1.31 bits per heavy atom. The summed E-state index contributed by atoms with van der Waals surface area (Å²) in [4.78, 5) is 9.41. The molecule has 0 aromatic carbocycles. The second-order valence-corrected chi connectivity index (χ2v) is 6.97. The van der Waals surface area contributed by atoms with Crippen LogP contribution in [-0.2, 0) is 11.5 Å². The highest BCUT2D eigenvalue weighted by molar-refractivity contribution is 7.98. The lowest BCUT2D eigenvalue weighted by atomic mass is 10.1. The first-order chi connectivity index (χ1) is 12.7. The monoisotopic (exact) mass is 361 g/mol. The normalized spacial score (nSPS) is 14.3. The van der Waals surface area contributed by atoms with Crippen LogP contribution in [0.1, 0.15) is 23.9 Å². The van der Waals surface area contributed by atoms with Crippen molar-refractivity contribution in [2.45, 2.75) is 18.4 Å². The number of fused-ring (bicyclic) bond motifs is 2. The number of hydrogen-bond donors (Lipinski definition) is 1. The van der Waals surface area contributed by atoms with Crippen LogP contribution in [0.3, 0.4) is 0 Å². The summed E-state index contributed by atoms with van der Waals surface area (Å²) >= 11 is 1.83. The zero-order valence-corrected chi connectivity index (χ0v) is 15.3. The molecule has 0 aliphatic carbocycles. The number of pyridine rings is 1. The fourth-order valence-corrected chi connectivity index (χ4v) is 4.10. The highest BCUT2D eigenvalue weighted by Gasteiger charge is 2.21. The largest absolute Gasteiger partial charge is 0.383 e. The molecule has 1 aliphatic rings. The number of hydrogen-bond acceptors (Lipinski definition) is 5. The lowest BCUT2D eigenvalue weighted by molar-refractivity contribution is 0.930. The molecule has 3 aromatic rings. The summed E-state index contributed by atoms with van der Waals surface area (Å²) in [6, 6.07) is 4.05. The molecule has 2 N–H and O–H groups in total. The van der Waals surface area contributed by atoms with Crippen molar-refractivity contribution < 1.29 is 0 Å². The molecule has 1 aliphatic heterocycles. The molecule has 4 heterocycles. The lowest BCUT2D eigenvalue weighted by Gasteiger charge is -2.07. The fraction of sp³-hybridized carbons (Fsp3) is 0.150. The van der Waals surface area contributed by atoms with Crippen molar-refractivity contribution in [1.29, 1.82) is 0 Å². The van der Waals surface area contributed by atoms with Crippen molar-refractivity contribution in [3.8, 4) is 11.1 Å². The molecule has 0 saturated heterocycles. The first-order valence-corrected chi connectivity index (χ1v) is 9.53. The molecule has 130 valence electrons. The van der Waals surface area contributed by atoms with Gasteiger partial charge in [0.05, 0.1) is 17.6 Å². The van der Waals surface area contributed by atoms with E-state index in [-0.39, 0.29) is 0 Å². The van der Waals surface area contributed by atoms with Gasteiger partial charge in [-0.3, -0.25) is 4.98 Å². The molecular weight excluding hydrogens is 342 g/mol. The second-order valence-electron chi connectivity index (χ2n) is 5.98. The van der Waals surface area contributed by atoms with E-state index in [2.05, 4.69) is 16.7 Å². The Bertz CT molecular complexity index is 1040. The van der Waals surface area contributed by atoms with Gasteiger partial charge in [-0.25, -0.2) is 4.98 Å². The number of aromatic nitrogens is 4. The molecule has 0 radical (unpaired) electrons. The van der Waals surface area contributed by atoms with Crippen LogP contribution in [0.2, 0.25) is 0 Å². The third-order valence-electron chi connectivity index (χ3n) is 4.45. The number of nitrogens with zero attached hydrogens (tertiary/aromatic N) is 4. The molecule has 5 nitrogen and oxygen atoms in total. The standard InChI is InChI=1S/C20H19N5S/c1-3-5-6-13(4-2)17-8-7-14(9-22-17)15-10-23-25-19(21)16-11-26-12-18(16)24-20(15)25/h3-10H,1,11-12,21H2,2H3/b6-5-,13-4+. The van der Waals surface area contributed by atoms with Crippen LogP contribution in [0.25, 0.3) is 22.3 Å². The minimum absolute atomic E-state index is 0.691. The summed E-state index contributed by atoms with van der Waals surface area (Å²) in [6.07, 6.45) is 11.3. The molecule has 0 saturated carbocycles. The Morgan fingerprint density at radius 3 is 2.92 bits per heavy atom. The van der Waals surface area contributed by atoms with E-state index in [0.717, 1.165) is 50.8 Å². The highest BCUT2D eigenvalue weighted by Crippen LogP contribution is 2.35. The fourth-order valence-electron chi connectivity index (χ4n) is 3.05. The van der Waals surface area contributed by atoms with Crippen LogP contribution in [0.4, 0.5) is 5.82 Å². The summed E-state index contributed by atoms with van der Waals surface area (Å²) in [7, 11) is 0. The maximum absolute atomic E-state index is 6.30. The van der Waals surface area contributed by atoms with Crippen LogP contribution in [0.5, 0.6) is 0 Å². The topological polar surface area (TPSA) is 69.1 Å². The van der Waals surface area contributed by atoms with Crippen LogP contribution in [0, 0.1) is 0 Å². The molecule has 6 heteroatoms. The van der Waals surface area contributed by atoms with E-state index in [1.54, 1.807) is 10.6 Å². The van der Waals surface area contributed by atoms with Gasteiger partial charge in [0.2, 0.25) is 0 Å². The van der Waals surface area contributed by atoms with Gasteiger partial charge in [0.15, 0.2) is 5.65 Å².